The Labute approximate surface area is 183 Å². The maximum atomic E-state index is 13.1. The second kappa shape index (κ2) is 8.11. The summed E-state index contributed by atoms with van der Waals surface area (Å²) < 4.78 is 27.9. The maximum absolute atomic E-state index is 13.1. The number of fused-ring (bicyclic) bond motifs is 6. The maximum Gasteiger partial charge on any atom is 0.281 e. The van der Waals surface area contributed by atoms with Crippen molar-refractivity contribution in [3.05, 3.63) is 41.6 Å². The first-order valence-electron chi connectivity index (χ1n) is 10.7. The van der Waals surface area contributed by atoms with Crippen molar-refractivity contribution in [1.82, 2.24) is 14.7 Å². The van der Waals surface area contributed by atoms with E-state index in [0.717, 1.165) is 37.9 Å². The van der Waals surface area contributed by atoms with Gasteiger partial charge in [-0.15, -0.1) is 0 Å². The molecule has 0 saturated carbocycles. The van der Waals surface area contributed by atoms with Crippen molar-refractivity contribution in [2.75, 3.05) is 23.3 Å². The molecule has 0 aliphatic carbocycles. The molecule has 0 spiro atoms. The molecule has 2 aliphatic heterocycles. The Morgan fingerprint density at radius 2 is 1.94 bits per heavy atom. The minimum Gasteiger partial charge on any atom is -0.370 e. The molecule has 8 nitrogen and oxygen atoms in total. The Morgan fingerprint density at radius 1 is 1.13 bits per heavy atom. The molecule has 1 atom stereocenters. The number of anilines is 2. The normalized spacial score (nSPS) is 22.9. The number of aromatic nitrogens is 2. The first-order valence-corrected chi connectivity index (χ1v) is 12.2. The fourth-order valence-electron chi connectivity index (χ4n) is 4.55. The number of nitrogens with one attached hydrogen (secondary N) is 2. The Hall–Kier alpha value is -2.68. The fraction of sp³-hybridized carbons (Fsp3) is 0.500. The summed E-state index contributed by atoms with van der Waals surface area (Å²) in [6, 6.07) is 8.10. The fourth-order valence-corrected chi connectivity index (χ4v) is 5.48. The van der Waals surface area contributed by atoms with Gasteiger partial charge in [-0.1, -0.05) is 12.5 Å². The third kappa shape index (κ3) is 4.51. The molecule has 2 aromatic rings. The van der Waals surface area contributed by atoms with Crippen molar-refractivity contribution in [2.45, 2.75) is 57.0 Å². The van der Waals surface area contributed by atoms with Crippen LogP contribution in [0.3, 0.4) is 0 Å². The van der Waals surface area contributed by atoms with E-state index in [2.05, 4.69) is 38.8 Å². The molecule has 2 aromatic heterocycles. The number of hydrogen-bond donors (Lipinski definition) is 2. The monoisotopic (exact) mass is 443 g/mol. The van der Waals surface area contributed by atoms with Gasteiger partial charge in [-0.05, 0) is 70.2 Å². The number of carbonyl (C=O) groups is 1. The largest absolute Gasteiger partial charge is 0.370 e. The van der Waals surface area contributed by atoms with E-state index < -0.39 is 15.9 Å². The van der Waals surface area contributed by atoms with Gasteiger partial charge < -0.3 is 10.2 Å². The van der Waals surface area contributed by atoms with Gasteiger partial charge in [-0.3, -0.25) is 4.79 Å². The third-order valence-corrected chi connectivity index (χ3v) is 7.28. The molecule has 4 rings (SSSR count). The quantitative estimate of drug-likeness (QED) is 0.645. The van der Waals surface area contributed by atoms with E-state index >= 15 is 0 Å². The highest BCUT2D eigenvalue weighted by molar-refractivity contribution is 7.90. The topological polar surface area (TPSA) is 104 Å². The number of aryl methyl sites for hydroxylation is 1. The lowest BCUT2D eigenvalue weighted by atomic mass is 9.93. The Kier molecular flexibility index (Phi) is 5.63. The molecule has 0 aromatic carbocycles. The SMILES string of the molecule is Cc1ccc2c(n1)N1CC(CCCCNc3cccc(n3)S(=O)(=O)NC2=O)CC1(C)C. The number of rotatable bonds is 0. The second-order valence-corrected chi connectivity index (χ2v) is 10.7. The van der Waals surface area contributed by atoms with Crippen LogP contribution in [0.15, 0.2) is 35.4 Å². The lowest BCUT2D eigenvalue weighted by Gasteiger charge is -2.33. The van der Waals surface area contributed by atoms with Gasteiger partial charge in [0.05, 0.1) is 5.56 Å². The van der Waals surface area contributed by atoms with E-state index in [1.165, 1.54) is 6.07 Å². The summed E-state index contributed by atoms with van der Waals surface area (Å²) in [5.74, 6) is 0.810. The van der Waals surface area contributed by atoms with Gasteiger partial charge in [0.25, 0.3) is 15.9 Å². The number of carbonyl (C=O) groups excluding carboxylic acids is 1. The van der Waals surface area contributed by atoms with Crippen LogP contribution in [0.5, 0.6) is 0 Å². The summed E-state index contributed by atoms with van der Waals surface area (Å²) in [7, 11) is -4.13. The molecule has 0 radical (unpaired) electrons. The standard InChI is InChI=1S/C22H29N5O3S/c1-15-10-11-17-20(24-15)27-14-16(13-22(27,2)3)7-4-5-12-23-18-8-6-9-19(25-18)31(29,30)26-21(17)28/h6,8-11,16H,4-5,7,12-14H2,1-3H3,(H,23,25)(H,26,28). The molecule has 31 heavy (non-hydrogen) atoms. The molecule has 4 heterocycles. The van der Waals surface area contributed by atoms with Gasteiger partial charge in [0, 0.05) is 24.3 Å². The summed E-state index contributed by atoms with van der Waals surface area (Å²) in [5.41, 5.74) is 0.854. The van der Waals surface area contributed by atoms with Crippen LogP contribution < -0.4 is 14.9 Å². The minimum atomic E-state index is -4.13. The summed E-state index contributed by atoms with van der Waals surface area (Å²) in [6.07, 6.45) is 4.13. The molecule has 1 fully saturated rings. The summed E-state index contributed by atoms with van der Waals surface area (Å²) in [4.78, 5) is 24.1. The number of amides is 1. The van der Waals surface area contributed by atoms with Crippen LogP contribution in [-0.2, 0) is 10.0 Å². The van der Waals surface area contributed by atoms with Crippen LogP contribution in [0.25, 0.3) is 0 Å². The molecule has 1 saturated heterocycles. The zero-order valence-corrected chi connectivity index (χ0v) is 19.0. The highest BCUT2D eigenvalue weighted by atomic mass is 32.2. The first kappa shape index (κ1) is 21.5. The van der Waals surface area contributed by atoms with Gasteiger partial charge in [0.2, 0.25) is 0 Å². The van der Waals surface area contributed by atoms with Gasteiger partial charge in [-0.2, -0.15) is 8.42 Å². The Balaban J connectivity index is 1.77. The lowest BCUT2D eigenvalue weighted by molar-refractivity contribution is 0.0981. The zero-order chi connectivity index (χ0) is 22.2. The van der Waals surface area contributed by atoms with Crippen LogP contribution in [0.2, 0.25) is 0 Å². The Bertz CT molecular complexity index is 1100. The van der Waals surface area contributed by atoms with Crippen molar-refractivity contribution in [2.24, 2.45) is 5.92 Å². The smallest absolute Gasteiger partial charge is 0.281 e. The molecular formula is C22H29N5O3S. The molecular weight excluding hydrogens is 414 g/mol. The van der Waals surface area contributed by atoms with Gasteiger partial charge in [0.15, 0.2) is 5.03 Å². The van der Waals surface area contributed by atoms with E-state index in [1.54, 1.807) is 24.3 Å². The van der Waals surface area contributed by atoms with E-state index in [9.17, 15) is 13.2 Å². The number of hydrogen-bond acceptors (Lipinski definition) is 7. The Morgan fingerprint density at radius 3 is 2.74 bits per heavy atom. The number of pyridine rings is 2. The van der Waals surface area contributed by atoms with Crippen LogP contribution in [0, 0.1) is 12.8 Å². The molecule has 2 aliphatic rings. The lowest BCUT2D eigenvalue weighted by Crippen LogP contribution is -2.41. The predicted molar refractivity (Wildman–Crippen MR) is 120 cm³/mol. The van der Waals surface area contributed by atoms with Crippen LogP contribution in [-0.4, -0.2) is 42.9 Å². The van der Waals surface area contributed by atoms with E-state index in [4.69, 9.17) is 0 Å². The van der Waals surface area contributed by atoms with Gasteiger partial charge >= 0.3 is 0 Å². The molecule has 4 bridgehead atoms. The van der Waals surface area contributed by atoms with Crippen molar-refractivity contribution < 1.29 is 13.2 Å². The van der Waals surface area contributed by atoms with Crippen LogP contribution >= 0.6 is 0 Å². The highest BCUT2D eigenvalue weighted by Crippen LogP contribution is 2.39. The van der Waals surface area contributed by atoms with E-state index in [1.807, 2.05) is 6.92 Å². The second-order valence-electron chi connectivity index (χ2n) is 9.04. The molecule has 166 valence electrons. The summed E-state index contributed by atoms with van der Waals surface area (Å²) in [6.45, 7) is 7.69. The summed E-state index contributed by atoms with van der Waals surface area (Å²) in [5, 5.41) is 2.99. The first-order chi connectivity index (χ1) is 14.7. The molecule has 1 amide bonds. The molecule has 1 unspecified atom stereocenters. The predicted octanol–water partition coefficient (Wildman–Crippen LogP) is 3.10. The average molecular weight is 444 g/mol. The van der Waals surface area contributed by atoms with Crippen LogP contribution in [0.4, 0.5) is 11.6 Å². The van der Waals surface area contributed by atoms with Crippen molar-refractivity contribution in [3.8, 4) is 0 Å². The number of nitrogens with zero attached hydrogens (tertiary/aromatic N) is 3. The van der Waals surface area contributed by atoms with Gasteiger partial charge in [-0.25, -0.2) is 14.7 Å². The van der Waals surface area contributed by atoms with E-state index in [0.29, 0.717) is 24.1 Å². The minimum absolute atomic E-state index is 0.181. The van der Waals surface area contributed by atoms with Gasteiger partial charge in [0.1, 0.15) is 11.6 Å². The zero-order valence-electron chi connectivity index (χ0n) is 18.2. The third-order valence-electron chi connectivity index (χ3n) is 6.05. The molecule has 9 heteroatoms. The van der Waals surface area contributed by atoms with Crippen molar-refractivity contribution in [3.63, 3.8) is 0 Å². The van der Waals surface area contributed by atoms with Crippen molar-refractivity contribution >= 4 is 27.6 Å². The van der Waals surface area contributed by atoms with Crippen molar-refractivity contribution in [1.29, 1.82) is 0 Å². The van der Waals surface area contributed by atoms with E-state index in [-0.39, 0.29) is 16.1 Å². The van der Waals surface area contributed by atoms with Crippen LogP contribution in [0.1, 0.15) is 55.6 Å². The summed E-state index contributed by atoms with van der Waals surface area (Å²) >= 11 is 0. The highest BCUT2D eigenvalue weighted by Gasteiger charge is 2.40. The molecule has 2 N–H and O–H groups in total. The number of sulfonamides is 1. The average Bonchev–Trinajstić information content (AvgIpc) is 3.01.